The monoisotopic (exact) mass is 322 g/mol. The lowest BCUT2D eigenvalue weighted by Gasteiger charge is -2.05. The van der Waals surface area contributed by atoms with Crippen LogP contribution >= 0.6 is 0 Å². The molecule has 0 saturated carbocycles. The summed E-state index contributed by atoms with van der Waals surface area (Å²) >= 11 is 0. The van der Waals surface area contributed by atoms with Crippen molar-refractivity contribution in [2.24, 2.45) is 0 Å². The van der Waals surface area contributed by atoms with Crippen molar-refractivity contribution in [3.63, 3.8) is 0 Å². The van der Waals surface area contributed by atoms with E-state index in [-0.39, 0.29) is 11.9 Å². The zero-order valence-corrected chi connectivity index (χ0v) is 12.6. The number of hydrogen-bond acceptors (Lipinski definition) is 6. The maximum atomic E-state index is 11.7. The zero-order valence-electron chi connectivity index (χ0n) is 12.6. The first-order valence-corrected chi connectivity index (χ1v) is 7.15. The van der Waals surface area contributed by atoms with Crippen LogP contribution in [0.2, 0.25) is 0 Å². The Bertz CT molecular complexity index is 818. The molecular formula is C16H14N6O2. The van der Waals surface area contributed by atoms with Crippen LogP contribution < -0.4 is 10.1 Å². The molecule has 8 nitrogen and oxygen atoms in total. The highest BCUT2D eigenvalue weighted by atomic mass is 16.5. The number of amides is 1. The lowest BCUT2D eigenvalue weighted by atomic mass is 10.2. The summed E-state index contributed by atoms with van der Waals surface area (Å²) in [7, 11) is 0. The molecule has 24 heavy (non-hydrogen) atoms. The molecule has 2 N–H and O–H groups in total. The lowest BCUT2D eigenvalue weighted by molar-refractivity contribution is -0.111. The number of aromatic nitrogens is 5. The molecule has 0 spiro atoms. The van der Waals surface area contributed by atoms with Gasteiger partial charge in [-0.05, 0) is 28.5 Å². The molecule has 2 aromatic heterocycles. The Labute approximate surface area is 137 Å². The molecule has 1 aromatic carbocycles. The number of pyridine rings is 1. The molecule has 8 heteroatoms. The van der Waals surface area contributed by atoms with E-state index in [0.29, 0.717) is 12.5 Å². The molecule has 0 aliphatic rings. The van der Waals surface area contributed by atoms with E-state index in [1.54, 1.807) is 24.4 Å². The molecule has 120 valence electrons. The van der Waals surface area contributed by atoms with Gasteiger partial charge in [-0.1, -0.05) is 35.4 Å². The molecule has 0 unspecified atom stereocenters. The van der Waals surface area contributed by atoms with Crippen molar-refractivity contribution < 1.29 is 9.53 Å². The number of carbonyl (C=O) groups excluding carboxylic acids is 1. The smallest absolute Gasteiger partial charge is 0.270 e. The molecule has 0 bridgehead atoms. The van der Waals surface area contributed by atoms with Gasteiger partial charge in [-0.25, -0.2) is 4.98 Å². The van der Waals surface area contributed by atoms with Crippen molar-refractivity contribution in [3.05, 3.63) is 65.9 Å². The van der Waals surface area contributed by atoms with E-state index in [1.165, 1.54) is 6.08 Å². The van der Waals surface area contributed by atoms with Gasteiger partial charge in [0.05, 0.1) is 0 Å². The molecule has 0 aliphatic carbocycles. The molecule has 0 aliphatic heterocycles. The number of tetrazole rings is 1. The Balaban J connectivity index is 1.58. The van der Waals surface area contributed by atoms with Crippen molar-refractivity contribution in [3.8, 4) is 5.88 Å². The van der Waals surface area contributed by atoms with Crippen LogP contribution in [0.25, 0.3) is 6.08 Å². The second kappa shape index (κ2) is 7.63. The van der Waals surface area contributed by atoms with Crippen LogP contribution in [0.4, 0.5) is 5.95 Å². The summed E-state index contributed by atoms with van der Waals surface area (Å²) in [6, 6.07) is 13.3. The summed E-state index contributed by atoms with van der Waals surface area (Å²) in [4.78, 5) is 15.9. The summed E-state index contributed by atoms with van der Waals surface area (Å²) in [6.45, 7) is 0.430. The van der Waals surface area contributed by atoms with Crippen LogP contribution in [-0.2, 0) is 11.4 Å². The molecule has 0 radical (unpaired) electrons. The fourth-order valence-electron chi connectivity index (χ4n) is 1.88. The number of benzene rings is 1. The van der Waals surface area contributed by atoms with E-state index in [4.69, 9.17) is 4.74 Å². The highest BCUT2D eigenvalue weighted by molar-refractivity contribution is 6.00. The van der Waals surface area contributed by atoms with Crippen LogP contribution in [0.5, 0.6) is 5.88 Å². The van der Waals surface area contributed by atoms with Crippen LogP contribution in [0.15, 0.2) is 54.7 Å². The Morgan fingerprint density at radius 2 is 2.12 bits per heavy atom. The predicted octanol–water partition coefficient (Wildman–Crippen LogP) is 1.83. The van der Waals surface area contributed by atoms with Gasteiger partial charge in [-0.2, -0.15) is 5.21 Å². The molecule has 0 atom stereocenters. The van der Waals surface area contributed by atoms with Gasteiger partial charge in [0.2, 0.25) is 5.88 Å². The van der Waals surface area contributed by atoms with Crippen molar-refractivity contribution >= 4 is 17.9 Å². The first-order chi connectivity index (χ1) is 11.8. The summed E-state index contributed by atoms with van der Waals surface area (Å²) in [5, 5.41) is 15.3. The van der Waals surface area contributed by atoms with Crippen molar-refractivity contribution in [2.45, 2.75) is 6.61 Å². The number of aromatic amines is 1. The average Bonchev–Trinajstić information content (AvgIpc) is 3.12. The van der Waals surface area contributed by atoms with Gasteiger partial charge in [0.25, 0.3) is 11.9 Å². The lowest BCUT2D eigenvalue weighted by Crippen LogP contribution is -2.09. The third kappa shape index (κ3) is 4.47. The third-order valence-electron chi connectivity index (χ3n) is 3.00. The van der Waals surface area contributed by atoms with E-state index in [1.807, 2.05) is 30.3 Å². The molecule has 0 saturated heterocycles. The third-order valence-corrected chi connectivity index (χ3v) is 3.00. The normalized spacial score (nSPS) is 10.7. The van der Waals surface area contributed by atoms with Gasteiger partial charge in [0, 0.05) is 18.3 Å². The minimum atomic E-state index is -0.361. The molecule has 0 fully saturated rings. The Morgan fingerprint density at radius 1 is 1.25 bits per heavy atom. The van der Waals surface area contributed by atoms with E-state index in [9.17, 15) is 4.79 Å². The van der Waals surface area contributed by atoms with E-state index in [2.05, 4.69) is 30.9 Å². The second-order valence-electron chi connectivity index (χ2n) is 4.76. The predicted molar refractivity (Wildman–Crippen MR) is 86.9 cm³/mol. The summed E-state index contributed by atoms with van der Waals surface area (Å²) in [5.41, 5.74) is 1.84. The molecule has 2 heterocycles. The van der Waals surface area contributed by atoms with Crippen LogP contribution in [0, 0.1) is 0 Å². The summed E-state index contributed by atoms with van der Waals surface area (Å²) in [5.74, 6) is 0.241. The van der Waals surface area contributed by atoms with E-state index in [0.717, 1.165) is 11.1 Å². The largest absolute Gasteiger partial charge is 0.473 e. The second-order valence-corrected chi connectivity index (χ2v) is 4.76. The van der Waals surface area contributed by atoms with Gasteiger partial charge in [-0.3, -0.25) is 10.1 Å². The first-order valence-electron chi connectivity index (χ1n) is 7.15. The van der Waals surface area contributed by atoms with Gasteiger partial charge >= 0.3 is 0 Å². The van der Waals surface area contributed by atoms with E-state index < -0.39 is 0 Å². The molecule has 1 amide bonds. The number of ether oxygens (including phenoxy) is 1. The first kappa shape index (κ1) is 15.3. The fraction of sp³-hybridized carbons (Fsp3) is 0.0625. The van der Waals surface area contributed by atoms with Crippen LogP contribution in [-0.4, -0.2) is 31.5 Å². The van der Waals surface area contributed by atoms with Crippen LogP contribution in [0.3, 0.4) is 0 Å². The van der Waals surface area contributed by atoms with Gasteiger partial charge in [-0.15, -0.1) is 5.10 Å². The number of hydrogen-bond donors (Lipinski definition) is 2. The summed E-state index contributed by atoms with van der Waals surface area (Å²) < 4.78 is 5.65. The van der Waals surface area contributed by atoms with Gasteiger partial charge < -0.3 is 4.74 Å². The highest BCUT2D eigenvalue weighted by Crippen LogP contribution is 2.13. The standard InChI is InChI=1S/C16H14N6O2/c23-14(18-16-19-21-22-20-16)7-6-12-8-9-17-15(10-12)24-11-13-4-2-1-3-5-13/h1-10H,11H2,(H2,18,19,20,21,22,23). The Hall–Kier alpha value is -3.55. The average molecular weight is 322 g/mol. The number of rotatable bonds is 6. The maximum Gasteiger partial charge on any atom is 0.270 e. The van der Waals surface area contributed by atoms with E-state index >= 15 is 0 Å². The highest BCUT2D eigenvalue weighted by Gasteiger charge is 2.02. The van der Waals surface area contributed by atoms with Crippen LogP contribution in [0.1, 0.15) is 11.1 Å². The Kier molecular flexibility index (Phi) is 4.88. The molecule has 3 rings (SSSR count). The number of anilines is 1. The van der Waals surface area contributed by atoms with Crippen molar-refractivity contribution in [1.82, 2.24) is 25.6 Å². The van der Waals surface area contributed by atoms with Crippen molar-refractivity contribution in [1.29, 1.82) is 0 Å². The minimum absolute atomic E-state index is 0.117. The van der Waals surface area contributed by atoms with Gasteiger partial charge in [0.1, 0.15) is 6.61 Å². The minimum Gasteiger partial charge on any atom is -0.473 e. The quantitative estimate of drug-likeness (QED) is 0.671. The number of carbonyl (C=O) groups is 1. The fourth-order valence-corrected chi connectivity index (χ4v) is 1.88. The SMILES string of the molecule is O=C(C=Cc1ccnc(OCc2ccccc2)c1)Nc1nn[nH]n1. The maximum absolute atomic E-state index is 11.7. The number of nitrogens with zero attached hydrogens (tertiary/aromatic N) is 4. The topological polar surface area (TPSA) is 106 Å². The molecular weight excluding hydrogens is 308 g/mol. The van der Waals surface area contributed by atoms with Crippen molar-refractivity contribution in [2.75, 3.05) is 5.32 Å². The molecule has 3 aromatic rings. The summed E-state index contributed by atoms with van der Waals surface area (Å²) in [6.07, 6.45) is 4.64. The Morgan fingerprint density at radius 3 is 2.92 bits per heavy atom. The number of H-pyrrole nitrogens is 1. The zero-order chi connectivity index (χ0) is 16.6. The number of nitrogens with one attached hydrogen (secondary N) is 2. The van der Waals surface area contributed by atoms with Gasteiger partial charge in [0.15, 0.2) is 0 Å².